The summed E-state index contributed by atoms with van der Waals surface area (Å²) in [4.78, 5) is 11.0. The van der Waals surface area contributed by atoms with Gasteiger partial charge in [0.2, 0.25) is 5.91 Å². The predicted octanol–water partition coefficient (Wildman–Crippen LogP) is 0.808. The number of hydrogen-bond acceptors (Lipinski definition) is 3. The third kappa shape index (κ3) is 1.77. The zero-order valence-corrected chi connectivity index (χ0v) is 8.54. The van der Waals surface area contributed by atoms with Gasteiger partial charge in [0.1, 0.15) is 0 Å². The first-order chi connectivity index (χ1) is 6.73. The first-order valence-electron chi connectivity index (χ1n) is 5.28. The van der Waals surface area contributed by atoms with Crippen LogP contribution in [0.15, 0.2) is 0 Å². The molecule has 0 bridgehead atoms. The Morgan fingerprint density at radius 3 is 2.71 bits per heavy atom. The number of nitrogens with one attached hydrogen (secondary N) is 1. The van der Waals surface area contributed by atoms with E-state index in [0.29, 0.717) is 13.2 Å². The van der Waals surface area contributed by atoms with Crippen molar-refractivity contribution in [2.45, 2.75) is 44.4 Å². The van der Waals surface area contributed by atoms with Crippen molar-refractivity contribution in [3.05, 3.63) is 0 Å². The predicted molar refractivity (Wildman–Crippen MR) is 50.7 cm³/mol. The Bertz CT molecular complexity index is 223. The van der Waals surface area contributed by atoms with Crippen LogP contribution >= 0.6 is 0 Å². The third-order valence-electron chi connectivity index (χ3n) is 2.95. The molecule has 2 aliphatic rings. The summed E-state index contributed by atoms with van der Waals surface area (Å²) in [6.07, 6.45) is 4.12. The summed E-state index contributed by atoms with van der Waals surface area (Å²) >= 11 is 0. The molecule has 1 aliphatic heterocycles. The lowest BCUT2D eigenvalue weighted by Gasteiger charge is -2.39. The van der Waals surface area contributed by atoms with Gasteiger partial charge in [-0.25, -0.2) is 0 Å². The van der Waals surface area contributed by atoms with E-state index < -0.39 is 5.79 Å². The Hall–Kier alpha value is -0.610. The minimum absolute atomic E-state index is 0.00428. The molecule has 1 aliphatic carbocycles. The standard InChI is InChI=1S/C10H17NO3/c1-8(12)11-9-4-2-3-5-10(9)13-6-7-14-10/h9H,2-7H2,1H3,(H,11,12). The van der Waals surface area contributed by atoms with E-state index in [1.165, 1.54) is 6.92 Å². The lowest BCUT2D eigenvalue weighted by atomic mass is 9.89. The molecule has 1 heterocycles. The fourth-order valence-corrected chi connectivity index (χ4v) is 2.36. The van der Waals surface area contributed by atoms with E-state index in [0.717, 1.165) is 25.7 Å². The van der Waals surface area contributed by atoms with Gasteiger partial charge in [-0.1, -0.05) is 6.42 Å². The number of hydrogen-bond donors (Lipinski definition) is 1. The second kappa shape index (κ2) is 3.87. The summed E-state index contributed by atoms with van der Waals surface area (Å²) in [6.45, 7) is 2.84. The van der Waals surface area contributed by atoms with E-state index in [2.05, 4.69) is 5.32 Å². The van der Waals surface area contributed by atoms with Crippen molar-refractivity contribution in [3.8, 4) is 0 Å². The molecule has 2 rings (SSSR count). The monoisotopic (exact) mass is 199 g/mol. The van der Waals surface area contributed by atoms with Gasteiger partial charge in [0.25, 0.3) is 0 Å². The van der Waals surface area contributed by atoms with Crippen LogP contribution in [-0.4, -0.2) is 30.9 Å². The normalized spacial score (nSPS) is 30.5. The highest BCUT2D eigenvalue weighted by molar-refractivity contribution is 5.73. The first-order valence-corrected chi connectivity index (χ1v) is 5.28. The van der Waals surface area contributed by atoms with Crippen LogP contribution in [0.5, 0.6) is 0 Å². The van der Waals surface area contributed by atoms with Gasteiger partial charge in [0.15, 0.2) is 5.79 Å². The fraction of sp³-hybridized carbons (Fsp3) is 0.900. The maximum atomic E-state index is 11.0. The van der Waals surface area contributed by atoms with Crippen LogP contribution in [-0.2, 0) is 14.3 Å². The minimum Gasteiger partial charge on any atom is -0.348 e. The highest BCUT2D eigenvalue weighted by atomic mass is 16.7. The Labute approximate surface area is 84.0 Å². The summed E-state index contributed by atoms with van der Waals surface area (Å²) in [5.41, 5.74) is 0. The van der Waals surface area contributed by atoms with Crippen LogP contribution in [0.4, 0.5) is 0 Å². The summed E-state index contributed by atoms with van der Waals surface area (Å²) in [5, 5.41) is 2.93. The molecule has 0 aromatic rings. The molecule has 1 saturated heterocycles. The quantitative estimate of drug-likeness (QED) is 0.679. The molecular formula is C10H17NO3. The number of ether oxygens (including phenoxy) is 2. The van der Waals surface area contributed by atoms with Crippen molar-refractivity contribution in [1.82, 2.24) is 5.32 Å². The molecule has 1 unspecified atom stereocenters. The zero-order valence-electron chi connectivity index (χ0n) is 8.54. The molecule has 0 aromatic heterocycles. The van der Waals surface area contributed by atoms with Gasteiger partial charge in [-0.3, -0.25) is 4.79 Å². The highest BCUT2D eigenvalue weighted by Crippen LogP contribution is 2.35. The lowest BCUT2D eigenvalue weighted by molar-refractivity contribution is -0.196. The average Bonchev–Trinajstić information content (AvgIpc) is 2.58. The van der Waals surface area contributed by atoms with Crippen molar-refractivity contribution < 1.29 is 14.3 Å². The summed E-state index contributed by atoms with van der Waals surface area (Å²) in [7, 11) is 0. The molecule has 1 amide bonds. The molecule has 2 fully saturated rings. The van der Waals surface area contributed by atoms with Crippen LogP contribution in [0, 0.1) is 0 Å². The highest BCUT2D eigenvalue weighted by Gasteiger charge is 2.46. The molecule has 1 spiro atoms. The van der Waals surface area contributed by atoms with Crippen molar-refractivity contribution in [2.24, 2.45) is 0 Å². The van der Waals surface area contributed by atoms with Gasteiger partial charge in [-0.15, -0.1) is 0 Å². The van der Waals surface area contributed by atoms with E-state index in [-0.39, 0.29) is 11.9 Å². The van der Waals surface area contributed by atoms with Crippen molar-refractivity contribution >= 4 is 5.91 Å². The smallest absolute Gasteiger partial charge is 0.217 e. The molecular weight excluding hydrogens is 182 g/mol. The number of carbonyl (C=O) groups excluding carboxylic acids is 1. The van der Waals surface area contributed by atoms with E-state index in [4.69, 9.17) is 9.47 Å². The van der Waals surface area contributed by atoms with Crippen LogP contribution < -0.4 is 5.32 Å². The largest absolute Gasteiger partial charge is 0.348 e. The second-order valence-electron chi connectivity index (χ2n) is 4.01. The Morgan fingerprint density at radius 2 is 2.07 bits per heavy atom. The number of rotatable bonds is 1. The number of carbonyl (C=O) groups is 1. The topological polar surface area (TPSA) is 47.6 Å². The van der Waals surface area contributed by atoms with Gasteiger partial charge < -0.3 is 14.8 Å². The van der Waals surface area contributed by atoms with E-state index >= 15 is 0 Å². The van der Waals surface area contributed by atoms with Crippen molar-refractivity contribution in [1.29, 1.82) is 0 Å². The second-order valence-corrected chi connectivity index (χ2v) is 4.01. The summed E-state index contributed by atoms with van der Waals surface area (Å²) in [6, 6.07) is 0.0382. The van der Waals surface area contributed by atoms with Crippen molar-refractivity contribution in [2.75, 3.05) is 13.2 Å². The van der Waals surface area contributed by atoms with Crippen LogP contribution in [0.3, 0.4) is 0 Å². The van der Waals surface area contributed by atoms with Crippen LogP contribution in [0.1, 0.15) is 32.6 Å². The van der Waals surface area contributed by atoms with Crippen LogP contribution in [0.2, 0.25) is 0 Å². The number of amides is 1. The minimum atomic E-state index is -0.510. The van der Waals surface area contributed by atoms with Gasteiger partial charge in [-0.2, -0.15) is 0 Å². The molecule has 1 atom stereocenters. The Morgan fingerprint density at radius 1 is 1.36 bits per heavy atom. The van der Waals surface area contributed by atoms with E-state index in [9.17, 15) is 4.79 Å². The molecule has 4 heteroatoms. The molecule has 4 nitrogen and oxygen atoms in total. The van der Waals surface area contributed by atoms with Crippen molar-refractivity contribution in [3.63, 3.8) is 0 Å². The Balaban J connectivity index is 2.06. The van der Waals surface area contributed by atoms with Gasteiger partial charge >= 0.3 is 0 Å². The zero-order chi connectivity index (χ0) is 10.0. The van der Waals surface area contributed by atoms with Gasteiger partial charge in [0.05, 0.1) is 19.3 Å². The SMILES string of the molecule is CC(=O)NC1CCCCC12OCCO2. The lowest BCUT2D eigenvalue weighted by Crippen LogP contribution is -2.54. The molecule has 80 valence electrons. The maximum Gasteiger partial charge on any atom is 0.217 e. The van der Waals surface area contributed by atoms with Gasteiger partial charge in [-0.05, 0) is 12.8 Å². The van der Waals surface area contributed by atoms with Crippen LogP contribution in [0.25, 0.3) is 0 Å². The molecule has 0 aromatic carbocycles. The first kappa shape index (κ1) is 9.93. The average molecular weight is 199 g/mol. The molecule has 1 saturated carbocycles. The Kier molecular flexibility index (Phi) is 2.74. The fourth-order valence-electron chi connectivity index (χ4n) is 2.36. The van der Waals surface area contributed by atoms with E-state index in [1.54, 1.807) is 0 Å². The molecule has 14 heavy (non-hydrogen) atoms. The van der Waals surface area contributed by atoms with Gasteiger partial charge in [0, 0.05) is 13.3 Å². The van der Waals surface area contributed by atoms with E-state index in [1.807, 2.05) is 0 Å². The summed E-state index contributed by atoms with van der Waals surface area (Å²) in [5.74, 6) is -0.514. The summed E-state index contributed by atoms with van der Waals surface area (Å²) < 4.78 is 11.3. The third-order valence-corrected chi connectivity index (χ3v) is 2.95. The maximum absolute atomic E-state index is 11.0. The molecule has 0 radical (unpaired) electrons. The molecule has 1 N–H and O–H groups in total.